The summed E-state index contributed by atoms with van der Waals surface area (Å²) >= 11 is 0. The maximum atomic E-state index is 11.8. The predicted molar refractivity (Wildman–Crippen MR) is 113 cm³/mol. The van der Waals surface area contributed by atoms with Crippen molar-refractivity contribution in [1.82, 2.24) is 15.5 Å². The molecule has 1 heterocycles. The molecular formula is C18H35IN4O2. The van der Waals surface area contributed by atoms with Crippen molar-refractivity contribution in [2.75, 3.05) is 39.4 Å². The van der Waals surface area contributed by atoms with Crippen molar-refractivity contribution in [2.45, 2.75) is 58.9 Å². The van der Waals surface area contributed by atoms with E-state index in [1.807, 2.05) is 18.7 Å². The van der Waals surface area contributed by atoms with Gasteiger partial charge in [0.2, 0.25) is 5.91 Å². The lowest BCUT2D eigenvalue weighted by atomic mass is 10.0. The van der Waals surface area contributed by atoms with Gasteiger partial charge in [0, 0.05) is 51.9 Å². The van der Waals surface area contributed by atoms with E-state index < -0.39 is 0 Å². The van der Waals surface area contributed by atoms with Crippen LogP contribution in [-0.2, 0) is 9.53 Å². The number of guanidine groups is 1. The molecule has 7 heteroatoms. The maximum absolute atomic E-state index is 11.8. The van der Waals surface area contributed by atoms with Crippen molar-refractivity contribution < 1.29 is 9.53 Å². The van der Waals surface area contributed by atoms with Crippen LogP contribution in [0.5, 0.6) is 0 Å². The van der Waals surface area contributed by atoms with Gasteiger partial charge in [0.25, 0.3) is 0 Å². The Balaban J connectivity index is 0.00000312. The summed E-state index contributed by atoms with van der Waals surface area (Å²) in [6, 6.07) is 0.303. The number of aliphatic imine (C=N–C) groups is 1. The number of carbonyl (C=O) groups excluding carboxylic acids is 1. The van der Waals surface area contributed by atoms with Gasteiger partial charge in [-0.2, -0.15) is 0 Å². The highest BCUT2D eigenvalue weighted by molar-refractivity contribution is 14.0. The summed E-state index contributed by atoms with van der Waals surface area (Å²) in [7, 11) is 0. The van der Waals surface area contributed by atoms with Crippen LogP contribution in [0.25, 0.3) is 0 Å². The Morgan fingerprint density at radius 1 is 1.32 bits per heavy atom. The normalized spacial score (nSPS) is 21.6. The van der Waals surface area contributed by atoms with Crippen LogP contribution in [0.4, 0.5) is 0 Å². The average Bonchev–Trinajstić information content (AvgIpc) is 3.20. The minimum Gasteiger partial charge on any atom is -0.382 e. The first-order valence-corrected chi connectivity index (χ1v) is 9.53. The molecule has 2 N–H and O–H groups in total. The molecule has 1 saturated carbocycles. The molecule has 1 atom stereocenters. The van der Waals surface area contributed by atoms with E-state index in [1.165, 1.54) is 12.8 Å². The molecule has 1 amide bonds. The molecule has 1 aliphatic heterocycles. The average molecular weight is 466 g/mol. The van der Waals surface area contributed by atoms with Crippen molar-refractivity contribution in [1.29, 1.82) is 0 Å². The SMILES string of the molecule is CCNC(=NCC1(CCOCC)CC1)NC1CCN(C(=O)CC)C1.I. The molecule has 2 fully saturated rings. The van der Waals surface area contributed by atoms with E-state index in [0.29, 0.717) is 17.9 Å². The van der Waals surface area contributed by atoms with Crippen LogP contribution in [0, 0.1) is 5.41 Å². The summed E-state index contributed by atoms with van der Waals surface area (Å²) < 4.78 is 5.50. The molecule has 0 aromatic carbocycles. The van der Waals surface area contributed by atoms with Gasteiger partial charge < -0.3 is 20.3 Å². The lowest BCUT2D eigenvalue weighted by Crippen LogP contribution is -2.45. The fourth-order valence-electron chi connectivity index (χ4n) is 3.19. The second kappa shape index (κ2) is 11.2. The smallest absolute Gasteiger partial charge is 0.222 e. The van der Waals surface area contributed by atoms with Crippen molar-refractivity contribution in [3.05, 3.63) is 0 Å². The summed E-state index contributed by atoms with van der Waals surface area (Å²) in [6.45, 7) is 11.0. The molecule has 1 unspecified atom stereocenters. The number of nitrogens with zero attached hydrogens (tertiary/aromatic N) is 2. The Labute approximate surface area is 169 Å². The second-order valence-corrected chi connectivity index (χ2v) is 6.97. The van der Waals surface area contributed by atoms with Crippen molar-refractivity contribution in [3.8, 4) is 0 Å². The number of rotatable bonds is 9. The zero-order chi connectivity index (χ0) is 17.4. The van der Waals surface area contributed by atoms with Gasteiger partial charge in [-0.05, 0) is 44.9 Å². The third-order valence-electron chi connectivity index (χ3n) is 5.04. The van der Waals surface area contributed by atoms with E-state index in [-0.39, 0.29) is 29.9 Å². The number of hydrogen-bond donors (Lipinski definition) is 2. The first kappa shape index (κ1) is 22.5. The Morgan fingerprint density at radius 3 is 2.68 bits per heavy atom. The van der Waals surface area contributed by atoms with E-state index in [4.69, 9.17) is 9.73 Å². The summed E-state index contributed by atoms with van der Waals surface area (Å²) in [5.74, 6) is 1.13. The molecule has 0 aromatic rings. The van der Waals surface area contributed by atoms with Gasteiger partial charge in [-0.3, -0.25) is 9.79 Å². The van der Waals surface area contributed by atoms with Gasteiger partial charge in [-0.15, -0.1) is 24.0 Å². The largest absolute Gasteiger partial charge is 0.382 e. The number of halogens is 1. The van der Waals surface area contributed by atoms with Gasteiger partial charge >= 0.3 is 0 Å². The van der Waals surface area contributed by atoms with Crippen molar-refractivity contribution in [3.63, 3.8) is 0 Å². The van der Waals surface area contributed by atoms with Gasteiger partial charge in [-0.25, -0.2) is 0 Å². The Hall–Kier alpha value is -0.570. The second-order valence-electron chi connectivity index (χ2n) is 6.97. The summed E-state index contributed by atoms with van der Waals surface area (Å²) in [5, 5.41) is 6.85. The number of hydrogen-bond acceptors (Lipinski definition) is 3. The molecule has 0 bridgehead atoms. The molecule has 0 spiro atoms. The number of nitrogens with one attached hydrogen (secondary N) is 2. The van der Waals surface area contributed by atoms with E-state index in [2.05, 4.69) is 17.6 Å². The fourth-order valence-corrected chi connectivity index (χ4v) is 3.19. The third kappa shape index (κ3) is 7.29. The lowest BCUT2D eigenvalue weighted by molar-refractivity contribution is -0.129. The monoisotopic (exact) mass is 466 g/mol. The summed E-state index contributed by atoms with van der Waals surface area (Å²) in [4.78, 5) is 18.6. The Kier molecular flexibility index (Phi) is 10.1. The van der Waals surface area contributed by atoms with E-state index in [1.54, 1.807) is 0 Å². The van der Waals surface area contributed by atoms with Crippen LogP contribution in [0.2, 0.25) is 0 Å². The molecule has 2 rings (SSSR count). The third-order valence-corrected chi connectivity index (χ3v) is 5.04. The maximum Gasteiger partial charge on any atom is 0.222 e. The van der Waals surface area contributed by atoms with E-state index in [0.717, 1.165) is 58.2 Å². The van der Waals surface area contributed by atoms with Gasteiger partial charge in [0.15, 0.2) is 5.96 Å². The van der Waals surface area contributed by atoms with Crippen molar-refractivity contribution >= 4 is 35.8 Å². The van der Waals surface area contributed by atoms with E-state index >= 15 is 0 Å². The molecule has 146 valence electrons. The molecule has 2 aliphatic rings. The first-order valence-electron chi connectivity index (χ1n) is 9.53. The lowest BCUT2D eigenvalue weighted by Gasteiger charge is -2.19. The van der Waals surface area contributed by atoms with Crippen LogP contribution in [-0.4, -0.2) is 62.2 Å². The topological polar surface area (TPSA) is 66.0 Å². The molecule has 0 aromatic heterocycles. The van der Waals surface area contributed by atoms with Crippen LogP contribution < -0.4 is 10.6 Å². The zero-order valence-electron chi connectivity index (χ0n) is 16.0. The molecule has 0 radical (unpaired) electrons. The van der Waals surface area contributed by atoms with Crippen LogP contribution >= 0.6 is 24.0 Å². The Bertz CT molecular complexity index is 441. The van der Waals surface area contributed by atoms with Crippen molar-refractivity contribution in [2.24, 2.45) is 10.4 Å². The molecular weight excluding hydrogens is 431 g/mol. The van der Waals surface area contributed by atoms with Crippen LogP contribution in [0.15, 0.2) is 4.99 Å². The highest BCUT2D eigenvalue weighted by atomic mass is 127. The zero-order valence-corrected chi connectivity index (χ0v) is 18.3. The van der Waals surface area contributed by atoms with Gasteiger partial charge in [-0.1, -0.05) is 6.92 Å². The minimum atomic E-state index is 0. The predicted octanol–water partition coefficient (Wildman–Crippen LogP) is 2.38. The number of ether oxygens (including phenoxy) is 1. The molecule has 1 saturated heterocycles. The summed E-state index contributed by atoms with van der Waals surface area (Å²) in [6.07, 6.45) is 5.19. The summed E-state index contributed by atoms with van der Waals surface area (Å²) in [5.41, 5.74) is 0.359. The highest BCUT2D eigenvalue weighted by Gasteiger charge is 2.42. The quantitative estimate of drug-likeness (QED) is 0.237. The minimum absolute atomic E-state index is 0. The number of carbonyl (C=O) groups is 1. The number of amides is 1. The fraction of sp³-hybridized carbons (Fsp3) is 0.889. The number of likely N-dealkylation sites (tertiary alicyclic amines) is 1. The van der Waals surface area contributed by atoms with E-state index in [9.17, 15) is 4.79 Å². The highest BCUT2D eigenvalue weighted by Crippen LogP contribution is 2.49. The van der Waals surface area contributed by atoms with Crippen LogP contribution in [0.1, 0.15) is 52.9 Å². The standard InChI is InChI=1S/C18H34N4O2.HI/c1-4-16(23)22-11-7-15(13-22)21-17(19-5-2)20-14-18(8-9-18)10-12-24-6-3;/h15H,4-14H2,1-3H3,(H2,19,20,21);1H. The van der Waals surface area contributed by atoms with Gasteiger partial charge in [0.05, 0.1) is 0 Å². The molecule has 1 aliphatic carbocycles. The molecule has 25 heavy (non-hydrogen) atoms. The molecule has 6 nitrogen and oxygen atoms in total. The van der Waals surface area contributed by atoms with Crippen LogP contribution in [0.3, 0.4) is 0 Å². The van der Waals surface area contributed by atoms with Gasteiger partial charge in [0.1, 0.15) is 0 Å². The Morgan fingerprint density at radius 2 is 2.08 bits per heavy atom. The first-order chi connectivity index (χ1) is 11.6.